The Hall–Kier alpha value is -1.14. The maximum Gasteiger partial charge on any atom is 0.317 e. The molecule has 0 aliphatic carbocycles. The van der Waals surface area contributed by atoms with Gasteiger partial charge < -0.3 is 19.7 Å². The zero-order valence-corrected chi connectivity index (χ0v) is 10.8. The number of unbranched alkanes of at least 4 members (excludes halogenated alkanes) is 2. The smallest absolute Gasteiger partial charge is 0.317 e. The van der Waals surface area contributed by atoms with E-state index in [0.29, 0.717) is 11.9 Å². The van der Waals surface area contributed by atoms with Crippen LogP contribution in [0.4, 0.5) is 6.01 Å². The van der Waals surface area contributed by atoms with Crippen LogP contribution in [0.25, 0.3) is 0 Å². The average Bonchev–Trinajstić information content (AvgIpc) is 2.83. The van der Waals surface area contributed by atoms with Crippen molar-refractivity contribution in [2.24, 2.45) is 0 Å². The van der Waals surface area contributed by atoms with E-state index >= 15 is 0 Å². The van der Waals surface area contributed by atoms with Gasteiger partial charge in [-0.3, -0.25) is 0 Å². The highest BCUT2D eigenvalue weighted by Crippen LogP contribution is 2.16. The number of hydrogen-bond acceptors (Lipinski definition) is 6. The summed E-state index contributed by atoms with van der Waals surface area (Å²) in [6, 6.07) is 0.616. The Morgan fingerprint density at radius 1 is 1.35 bits per heavy atom. The highest BCUT2D eigenvalue weighted by molar-refractivity contribution is 5.21. The third-order valence-corrected chi connectivity index (χ3v) is 2.71. The molecule has 0 fully saturated rings. The Balaban J connectivity index is 2.40. The van der Waals surface area contributed by atoms with E-state index < -0.39 is 0 Å². The first-order valence-corrected chi connectivity index (χ1v) is 6.01. The van der Waals surface area contributed by atoms with Crippen molar-refractivity contribution in [1.82, 2.24) is 15.5 Å². The second-order valence-electron chi connectivity index (χ2n) is 4.14. The van der Waals surface area contributed by atoms with Gasteiger partial charge in [-0.15, -0.1) is 5.10 Å². The molecule has 98 valence electrons. The van der Waals surface area contributed by atoms with Crippen LogP contribution in [0.3, 0.4) is 0 Å². The predicted octanol–water partition coefficient (Wildman–Crippen LogP) is 0.949. The van der Waals surface area contributed by atoms with Gasteiger partial charge in [0.1, 0.15) is 0 Å². The zero-order valence-electron chi connectivity index (χ0n) is 10.8. The van der Waals surface area contributed by atoms with Crippen LogP contribution in [0.1, 0.15) is 38.1 Å². The van der Waals surface area contributed by atoms with E-state index in [4.69, 9.17) is 9.52 Å². The molecule has 0 bridgehead atoms. The maximum absolute atomic E-state index is 8.68. The van der Waals surface area contributed by atoms with Crippen molar-refractivity contribution in [2.45, 2.75) is 32.2 Å². The van der Waals surface area contributed by atoms with Crippen molar-refractivity contribution in [3.63, 3.8) is 0 Å². The van der Waals surface area contributed by atoms with E-state index in [-0.39, 0.29) is 12.6 Å². The number of anilines is 1. The first-order chi connectivity index (χ1) is 8.19. The molecule has 6 nitrogen and oxygen atoms in total. The highest BCUT2D eigenvalue weighted by atomic mass is 16.4. The van der Waals surface area contributed by atoms with Crippen LogP contribution in [-0.2, 0) is 0 Å². The summed E-state index contributed by atoms with van der Waals surface area (Å²) in [4.78, 5) is 1.94. The lowest BCUT2D eigenvalue weighted by molar-refractivity contribution is 0.283. The summed E-state index contributed by atoms with van der Waals surface area (Å²) >= 11 is 0. The largest absolute Gasteiger partial charge is 0.406 e. The lowest BCUT2D eigenvalue weighted by Gasteiger charge is -2.13. The van der Waals surface area contributed by atoms with Crippen LogP contribution in [0.5, 0.6) is 0 Å². The summed E-state index contributed by atoms with van der Waals surface area (Å²) in [5, 5.41) is 19.7. The SMILES string of the molecule is CNC(C)c1nnc(N(C)CCCCCO)o1. The Bertz CT molecular complexity index is 316. The van der Waals surface area contributed by atoms with Crippen LogP contribution in [0.15, 0.2) is 4.42 Å². The fourth-order valence-electron chi connectivity index (χ4n) is 1.41. The van der Waals surface area contributed by atoms with Gasteiger partial charge in [-0.1, -0.05) is 5.10 Å². The molecule has 0 spiro atoms. The third kappa shape index (κ3) is 4.32. The molecule has 1 heterocycles. The van der Waals surface area contributed by atoms with E-state index in [2.05, 4.69) is 15.5 Å². The predicted molar refractivity (Wildman–Crippen MR) is 66.0 cm³/mol. The minimum Gasteiger partial charge on any atom is -0.406 e. The molecule has 6 heteroatoms. The van der Waals surface area contributed by atoms with Gasteiger partial charge in [0.25, 0.3) is 0 Å². The summed E-state index contributed by atoms with van der Waals surface area (Å²) in [6.07, 6.45) is 2.87. The van der Waals surface area contributed by atoms with Crippen molar-refractivity contribution < 1.29 is 9.52 Å². The van der Waals surface area contributed by atoms with Gasteiger partial charge in [0, 0.05) is 20.2 Å². The van der Waals surface area contributed by atoms with Crippen molar-refractivity contribution in [1.29, 1.82) is 0 Å². The van der Waals surface area contributed by atoms with Gasteiger partial charge in [0.15, 0.2) is 0 Å². The van der Waals surface area contributed by atoms with Crippen LogP contribution >= 0.6 is 0 Å². The van der Waals surface area contributed by atoms with Gasteiger partial charge in [-0.25, -0.2) is 0 Å². The molecule has 1 unspecified atom stereocenters. The number of nitrogens with zero attached hydrogens (tertiary/aromatic N) is 3. The normalized spacial score (nSPS) is 12.7. The molecule has 0 aromatic carbocycles. The van der Waals surface area contributed by atoms with Gasteiger partial charge in [-0.2, -0.15) is 0 Å². The number of aromatic nitrogens is 2. The van der Waals surface area contributed by atoms with Crippen molar-refractivity contribution in [3.8, 4) is 0 Å². The molecule has 0 amide bonds. The van der Waals surface area contributed by atoms with Crippen molar-refractivity contribution >= 4 is 6.01 Å². The Labute approximate surface area is 102 Å². The standard InChI is InChI=1S/C11H22N4O2/c1-9(12-2)10-13-14-11(17-10)15(3)7-5-4-6-8-16/h9,12,16H,4-8H2,1-3H3. The first-order valence-electron chi connectivity index (χ1n) is 6.01. The van der Waals surface area contributed by atoms with Crippen molar-refractivity contribution in [3.05, 3.63) is 5.89 Å². The number of hydrogen-bond donors (Lipinski definition) is 2. The van der Waals surface area contributed by atoms with Crippen LogP contribution in [0, 0.1) is 0 Å². The lowest BCUT2D eigenvalue weighted by Crippen LogP contribution is -2.18. The Morgan fingerprint density at radius 2 is 2.12 bits per heavy atom. The molecule has 1 aromatic rings. The van der Waals surface area contributed by atoms with E-state index in [1.807, 2.05) is 25.9 Å². The topological polar surface area (TPSA) is 74.4 Å². The van der Waals surface area contributed by atoms with Crippen LogP contribution < -0.4 is 10.2 Å². The lowest BCUT2D eigenvalue weighted by atomic mass is 10.2. The van der Waals surface area contributed by atoms with E-state index in [0.717, 1.165) is 25.8 Å². The van der Waals surface area contributed by atoms with Gasteiger partial charge in [0.05, 0.1) is 6.04 Å². The van der Waals surface area contributed by atoms with Gasteiger partial charge in [0.2, 0.25) is 5.89 Å². The van der Waals surface area contributed by atoms with Gasteiger partial charge in [-0.05, 0) is 33.2 Å². The Morgan fingerprint density at radius 3 is 2.76 bits per heavy atom. The summed E-state index contributed by atoms with van der Waals surface area (Å²) in [5.74, 6) is 0.602. The minimum absolute atomic E-state index is 0.0686. The molecule has 0 aliphatic rings. The highest BCUT2D eigenvalue weighted by Gasteiger charge is 2.14. The summed E-state index contributed by atoms with van der Waals surface area (Å²) in [6.45, 7) is 3.09. The molecule has 17 heavy (non-hydrogen) atoms. The van der Waals surface area contributed by atoms with E-state index in [1.54, 1.807) is 0 Å². The number of aliphatic hydroxyl groups is 1. The van der Waals surface area contributed by atoms with Crippen LogP contribution in [-0.4, -0.2) is 42.6 Å². The molecule has 1 atom stereocenters. The number of rotatable bonds is 8. The van der Waals surface area contributed by atoms with Crippen LogP contribution in [0.2, 0.25) is 0 Å². The molecule has 0 aliphatic heterocycles. The molecule has 1 rings (SSSR count). The minimum atomic E-state index is 0.0686. The number of aliphatic hydroxyl groups excluding tert-OH is 1. The zero-order chi connectivity index (χ0) is 12.7. The molecule has 0 radical (unpaired) electrons. The fourth-order valence-corrected chi connectivity index (χ4v) is 1.41. The van der Waals surface area contributed by atoms with Crippen molar-refractivity contribution in [2.75, 3.05) is 32.1 Å². The molecule has 1 aromatic heterocycles. The van der Waals surface area contributed by atoms with E-state index in [1.165, 1.54) is 0 Å². The van der Waals surface area contributed by atoms with Gasteiger partial charge >= 0.3 is 6.01 Å². The molecule has 0 saturated heterocycles. The third-order valence-electron chi connectivity index (χ3n) is 2.71. The monoisotopic (exact) mass is 242 g/mol. The average molecular weight is 242 g/mol. The summed E-state index contributed by atoms with van der Waals surface area (Å²) < 4.78 is 5.55. The molecular formula is C11H22N4O2. The summed E-state index contributed by atoms with van der Waals surface area (Å²) in [7, 11) is 3.79. The second-order valence-corrected chi connectivity index (χ2v) is 4.14. The quantitative estimate of drug-likeness (QED) is 0.661. The first kappa shape index (κ1) is 13.9. The molecule has 0 saturated carbocycles. The molecule has 2 N–H and O–H groups in total. The Kier molecular flexibility index (Phi) is 5.93. The van der Waals surface area contributed by atoms with E-state index in [9.17, 15) is 0 Å². The maximum atomic E-state index is 8.68. The summed E-state index contributed by atoms with van der Waals surface area (Å²) in [5.41, 5.74) is 0. The molecular weight excluding hydrogens is 220 g/mol. The second kappa shape index (κ2) is 7.24. The fraction of sp³-hybridized carbons (Fsp3) is 0.818. The number of nitrogens with one attached hydrogen (secondary N) is 1.